The molecular weight excluding hydrogens is 321 g/mol. The maximum atomic E-state index is 12.8. The zero-order chi connectivity index (χ0) is 17.5. The number of nitrogens with one attached hydrogen (secondary N) is 2. The van der Waals surface area contributed by atoms with Crippen LogP contribution in [-0.2, 0) is 11.3 Å². The van der Waals surface area contributed by atoms with Gasteiger partial charge in [-0.3, -0.25) is 4.79 Å². The van der Waals surface area contributed by atoms with Crippen molar-refractivity contribution in [3.05, 3.63) is 71.0 Å². The number of ether oxygens (including phenoxy) is 1. The van der Waals surface area contributed by atoms with Gasteiger partial charge < -0.3 is 9.64 Å². The van der Waals surface area contributed by atoms with E-state index in [2.05, 4.69) is 10.5 Å². The third-order valence-electron chi connectivity index (χ3n) is 4.12. The Labute approximate surface area is 146 Å². The normalized spacial score (nSPS) is 15.4. The van der Waals surface area contributed by atoms with Crippen molar-refractivity contribution in [3.8, 4) is 0 Å². The van der Waals surface area contributed by atoms with Crippen molar-refractivity contribution in [1.82, 2.24) is 5.43 Å². The summed E-state index contributed by atoms with van der Waals surface area (Å²) in [5.74, 6) is -0.580. The second kappa shape index (κ2) is 8.50. The Hall–Kier alpha value is -2.57. The monoisotopic (exact) mass is 342 g/mol. The van der Waals surface area contributed by atoms with Gasteiger partial charge in [-0.2, -0.15) is 5.10 Å². The quantitative estimate of drug-likeness (QED) is 0.629. The molecule has 6 heteroatoms. The molecule has 0 aliphatic carbocycles. The van der Waals surface area contributed by atoms with E-state index in [1.54, 1.807) is 24.3 Å². The fraction of sp³-hybridized carbons (Fsp3) is 0.263. The Morgan fingerprint density at radius 2 is 1.80 bits per heavy atom. The summed E-state index contributed by atoms with van der Waals surface area (Å²) < 4.78 is 18.2. The summed E-state index contributed by atoms with van der Waals surface area (Å²) in [6.07, 6.45) is 1.48. The van der Waals surface area contributed by atoms with Gasteiger partial charge in [-0.05, 0) is 29.8 Å². The number of halogens is 1. The predicted octanol–water partition coefficient (Wildman–Crippen LogP) is 1.00. The summed E-state index contributed by atoms with van der Waals surface area (Å²) in [7, 11) is 0. The Kier molecular flexibility index (Phi) is 5.87. The lowest BCUT2D eigenvalue weighted by Gasteiger charge is -2.23. The van der Waals surface area contributed by atoms with Gasteiger partial charge in [0.25, 0.3) is 5.91 Å². The van der Waals surface area contributed by atoms with E-state index in [-0.39, 0.29) is 11.7 Å². The first kappa shape index (κ1) is 17.3. The van der Waals surface area contributed by atoms with Crippen LogP contribution >= 0.6 is 0 Å². The first-order valence-electron chi connectivity index (χ1n) is 8.30. The van der Waals surface area contributed by atoms with Crippen LogP contribution in [0.1, 0.15) is 21.5 Å². The highest BCUT2D eigenvalue weighted by Crippen LogP contribution is 2.04. The van der Waals surface area contributed by atoms with Crippen LogP contribution in [0.25, 0.3) is 0 Å². The Morgan fingerprint density at radius 1 is 1.12 bits per heavy atom. The molecule has 25 heavy (non-hydrogen) atoms. The lowest BCUT2D eigenvalue weighted by atomic mass is 10.1. The minimum Gasteiger partial charge on any atom is -0.370 e. The van der Waals surface area contributed by atoms with Gasteiger partial charge in [0.15, 0.2) is 0 Å². The van der Waals surface area contributed by atoms with Crippen molar-refractivity contribution in [1.29, 1.82) is 0 Å². The number of amides is 1. The fourth-order valence-electron chi connectivity index (χ4n) is 2.68. The van der Waals surface area contributed by atoms with E-state index in [4.69, 9.17) is 4.74 Å². The minimum atomic E-state index is -0.305. The summed E-state index contributed by atoms with van der Waals surface area (Å²) >= 11 is 0. The molecule has 3 rings (SSSR count). The third kappa shape index (κ3) is 5.20. The van der Waals surface area contributed by atoms with E-state index in [9.17, 15) is 9.18 Å². The molecule has 1 fully saturated rings. The molecule has 0 atom stereocenters. The summed E-state index contributed by atoms with van der Waals surface area (Å²) in [5, 5.41) is 3.90. The molecule has 1 aliphatic heterocycles. The van der Waals surface area contributed by atoms with E-state index in [0.717, 1.165) is 32.8 Å². The molecule has 0 radical (unpaired) electrons. The second-order valence-corrected chi connectivity index (χ2v) is 5.99. The van der Waals surface area contributed by atoms with Crippen LogP contribution in [0.3, 0.4) is 0 Å². The lowest BCUT2D eigenvalue weighted by Crippen LogP contribution is -3.12. The number of rotatable bonds is 5. The zero-order valence-electron chi connectivity index (χ0n) is 13.9. The second-order valence-electron chi connectivity index (χ2n) is 5.99. The van der Waals surface area contributed by atoms with E-state index in [1.165, 1.54) is 28.8 Å². The topological polar surface area (TPSA) is 55.1 Å². The molecule has 0 spiro atoms. The van der Waals surface area contributed by atoms with Crippen LogP contribution in [0, 0.1) is 5.82 Å². The molecular formula is C19H21FN3O2+. The average molecular weight is 342 g/mol. The molecule has 1 heterocycles. The average Bonchev–Trinajstić information content (AvgIpc) is 2.65. The molecule has 1 saturated heterocycles. The number of benzene rings is 2. The molecule has 1 aliphatic rings. The number of hydrazone groups is 1. The first-order chi connectivity index (χ1) is 12.2. The molecule has 130 valence electrons. The Morgan fingerprint density at radius 3 is 2.48 bits per heavy atom. The van der Waals surface area contributed by atoms with E-state index in [1.807, 2.05) is 12.1 Å². The van der Waals surface area contributed by atoms with Gasteiger partial charge in [0.2, 0.25) is 0 Å². The molecule has 0 aromatic heterocycles. The maximum absolute atomic E-state index is 12.8. The van der Waals surface area contributed by atoms with Crippen LogP contribution in [0.15, 0.2) is 53.6 Å². The van der Waals surface area contributed by atoms with Crippen LogP contribution in [0.4, 0.5) is 4.39 Å². The Bertz CT molecular complexity index is 723. The van der Waals surface area contributed by atoms with E-state index >= 15 is 0 Å². The largest absolute Gasteiger partial charge is 0.370 e. The van der Waals surface area contributed by atoms with Gasteiger partial charge in [0.1, 0.15) is 25.5 Å². The van der Waals surface area contributed by atoms with Crippen LogP contribution in [0.5, 0.6) is 0 Å². The smallest absolute Gasteiger partial charge is 0.271 e. The number of carbonyl (C=O) groups is 1. The van der Waals surface area contributed by atoms with Gasteiger partial charge in [0.05, 0.1) is 19.4 Å². The molecule has 1 amide bonds. The summed E-state index contributed by atoms with van der Waals surface area (Å²) in [4.78, 5) is 13.6. The van der Waals surface area contributed by atoms with Crippen molar-refractivity contribution in [2.45, 2.75) is 6.54 Å². The molecule has 2 aromatic carbocycles. The Balaban J connectivity index is 1.52. The standard InChI is InChI=1S/C19H20FN3O2/c20-18-7-3-15(4-8-18)13-21-22-19(24)17-5-1-16(2-6-17)14-23-9-11-25-12-10-23/h1-8,13H,9-12,14H2,(H,22,24)/p+1/b21-13-. The molecule has 2 aromatic rings. The van der Waals surface area contributed by atoms with Crippen molar-refractivity contribution in [2.75, 3.05) is 26.3 Å². The number of nitrogens with zero attached hydrogens (tertiary/aromatic N) is 1. The molecule has 0 unspecified atom stereocenters. The summed E-state index contributed by atoms with van der Waals surface area (Å²) in [6.45, 7) is 4.58. The molecule has 5 nitrogen and oxygen atoms in total. The van der Waals surface area contributed by atoms with Gasteiger partial charge in [0, 0.05) is 11.1 Å². The molecule has 0 saturated carbocycles. The summed E-state index contributed by atoms with van der Waals surface area (Å²) in [5.41, 5.74) is 4.94. The third-order valence-corrected chi connectivity index (χ3v) is 4.12. The minimum absolute atomic E-state index is 0.274. The van der Waals surface area contributed by atoms with Crippen LogP contribution in [-0.4, -0.2) is 38.4 Å². The highest BCUT2D eigenvalue weighted by Gasteiger charge is 2.14. The van der Waals surface area contributed by atoms with Crippen molar-refractivity contribution < 1.29 is 18.8 Å². The van der Waals surface area contributed by atoms with Gasteiger partial charge in [-0.1, -0.05) is 24.3 Å². The zero-order valence-corrected chi connectivity index (χ0v) is 13.9. The lowest BCUT2D eigenvalue weighted by molar-refractivity contribution is -0.921. The highest BCUT2D eigenvalue weighted by molar-refractivity contribution is 5.94. The van der Waals surface area contributed by atoms with E-state index in [0.29, 0.717) is 11.1 Å². The first-order valence-corrected chi connectivity index (χ1v) is 8.30. The number of quaternary nitrogens is 1. The molecule has 2 N–H and O–H groups in total. The fourth-order valence-corrected chi connectivity index (χ4v) is 2.68. The van der Waals surface area contributed by atoms with Crippen LogP contribution in [0.2, 0.25) is 0 Å². The van der Waals surface area contributed by atoms with Crippen LogP contribution < -0.4 is 10.3 Å². The number of hydrogen-bond donors (Lipinski definition) is 2. The number of carbonyl (C=O) groups excluding carboxylic acids is 1. The van der Waals surface area contributed by atoms with Crippen molar-refractivity contribution in [3.63, 3.8) is 0 Å². The van der Waals surface area contributed by atoms with E-state index < -0.39 is 0 Å². The number of hydrogen-bond acceptors (Lipinski definition) is 3. The maximum Gasteiger partial charge on any atom is 0.271 e. The van der Waals surface area contributed by atoms with Gasteiger partial charge in [-0.25, -0.2) is 9.82 Å². The number of morpholine rings is 1. The summed E-state index contributed by atoms with van der Waals surface area (Å²) in [6, 6.07) is 13.4. The SMILES string of the molecule is O=C(N/N=C\c1ccc(F)cc1)c1ccc(C[NH+]2CCOCC2)cc1. The molecule has 0 bridgehead atoms. The van der Waals surface area contributed by atoms with Crippen molar-refractivity contribution in [2.24, 2.45) is 5.10 Å². The van der Waals surface area contributed by atoms with Gasteiger partial charge in [-0.15, -0.1) is 0 Å². The highest BCUT2D eigenvalue weighted by atomic mass is 19.1. The predicted molar refractivity (Wildman–Crippen MR) is 93.1 cm³/mol. The van der Waals surface area contributed by atoms with Gasteiger partial charge >= 0.3 is 0 Å². The van der Waals surface area contributed by atoms with Crippen molar-refractivity contribution >= 4 is 12.1 Å².